The highest BCUT2D eigenvalue weighted by Crippen LogP contribution is 2.43. The number of hydrogen-bond donors (Lipinski definition) is 3. The van der Waals surface area contributed by atoms with Crippen LogP contribution >= 0.6 is 0 Å². The Hall–Kier alpha value is -4.01. The lowest BCUT2D eigenvalue weighted by Crippen LogP contribution is -2.69. The number of esters is 2. The topological polar surface area (TPSA) is 123 Å². The SMILES string of the molecule is CCOC(=O)[C@@](NC(=O)c1ccccc1)(Nc1ccc([C@@](O)(C(=O)OCC)C(F)(F)F)cc1OC)C(F)(F)F. The molecule has 2 atom stereocenters. The Kier molecular flexibility index (Phi) is 9.44. The lowest BCUT2D eigenvalue weighted by molar-refractivity contribution is -0.267. The number of rotatable bonds is 10. The molecule has 3 N–H and O–H groups in total. The molecule has 0 fully saturated rings. The zero-order valence-electron chi connectivity index (χ0n) is 20.7. The molecule has 0 aromatic heterocycles. The molecule has 0 radical (unpaired) electrons. The van der Waals surface area contributed by atoms with Gasteiger partial charge in [-0.3, -0.25) is 4.79 Å². The smallest absolute Gasteiger partial charge is 0.441 e. The maximum Gasteiger partial charge on any atom is 0.441 e. The van der Waals surface area contributed by atoms with Crippen molar-refractivity contribution in [2.45, 2.75) is 37.5 Å². The predicted octanol–water partition coefficient (Wildman–Crippen LogP) is 3.67. The summed E-state index contributed by atoms with van der Waals surface area (Å²) < 4.78 is 98.6. The molecule has 0 unspecified atom stereocenters. The van der Waals surface area contributed by atoms with E-state index in [9.17, 15) is 45.8 Å². The molecule has 1 amide bonds. The second kappa shape index (κ2) is 11.8. The predicted molar refractivity (Wildman–Crippen MR) is 123 cm³/mol. The van der Waals surface area contributed by atoms with E-state index in [1.165, 1.54) is 44.2 Å². The normalized spacial score (nSPS) is 14.8. The first-order valence-electron chi connectivity index (χ1n) is 11.1. The van der Waals surface area contributed by atoms with Crippen LogP contribution in [0.5, 0.6) is 5.75 Å². The number of methoxy groups -OCH3 is 1. The minimum atomic E-state index is -5.61. The van der Waals surface area contributed by atoms with E-state index in [0.717, 1.165) is 7.11 Å². The lowest BCUT2D eigenvalue weighted by atomic mass is 9.92. The average Bonchev–Trinajstić information content (AvgIpc) is 2.87. The van der Waals surface area contributed by atoms with E-state index < -0.39 is 71.7 Å². The first-order valence-corrected chi connectivity index (χ1v) is 11.1. The quantitative estimate of drug-likeness (QED) is 0.226. The molecule has 0 heterocycles. The van der Waals surface area contributed by atoms with Crippen LogP contribution < -0.4 is 15.4 Å². The van der Waals surface area contributed by atoms with E-state index in [0.29, 0.717) is 18.2 Å². The van der Waals surface area contributed by atoms with Crippen LogP contribution in [0, 0.1) is 0 Å². The fraction of sp³-hybridized carbons (Fsp3) is 0.375. The van der Waals surface area contributed by atoms with Crippen molar-refractivity contribution in [3.63, 3.8) is 0 Å². The maximum absolute atomic E-state index is 14.5. The molecule has 2 rings (SSSR count). The lowest BCUT2D eigenvalue weighted by Gasteiger charge is -2.36. The third-order valence-corrected chi connectivity index (χ3v) is 5.27. The molecular weight excluding hydrogens is 542 g/mol. The second-order valence-electron chi connectivity index (χ2n) is 7.76. The standard InChI is InChI=1S/C24H24F6N2O7/c1-4-38-19(34)21(36,23(25,26)27)15-11-12-16(17(13-15)37-3)31-22(24(28,29)30,20(35)39-5-2)32-18(33)14-9-7-6-8-10-14/h6-13,31,36H,4-5H2,1-3H3,(H,32,33)/t21-,22+/m1/s1. The van der Waals surface area contributed by atoms with Crippen LogP contribution in [0.4, 0.5) is 32.0 Å². The maximum atomic E-state index is 14.5. The molecule has 0 saturated carbocycles. The summed E-state index contributed by atoms with van der Waals surface area (Å²) in [5.74, 6) is -6.21. The summed E-state index contributed by atoms with van der Waals surface area (Å²) in [6, 6.07) is 8.03. The van der Waals surface area contributed by atoms with Gasteiger partial charge in [0.1, 0.15) is 5.75 Å². The first-order chi connectivity index (χ1) is 18.1. The van der Waals surface area contributed by atoms with Gasteiger partial charge in [-0.05, 0) is 38.1 Å². The van der Waals surface area contributed by atoms with Gasteiger partial charge in [0.25, 0.3) is 11.5 Å². The molecule has 0 bridgehead atoms. The Labute approximate surface area is 218 Å². The van der Waals surface area contributed by atoms with E-state index in [2.05, 4.69) is 9.47 Å². The van der Waals surface area contributed by atoms with E-state index in [1.807, 2.05) is 0 Å². The summed E-state index contributed by atoms with van der Waals surface area (Å²) in [6.45, 7) is 1.34. The summed E-state index contributed by atoms with van der Waals surface area (Å²) in [7, 11) is 0.865. The summed E-state index contributed by atoms with van der Waals surface area (Å²) in [4.78, 5) is 37.5. The molecule has 15 heteroatoms. The minimum Gasteiger partial charge on any atom is -0.495 e. The third kappa shape index (κ3) is 6.19. The van der Waals surface area contributed by atoms with E-state index in [1.54, 1.807) is 10.6 Å². The second-order valence-corrected chi connectivity index (χ2v) is 7.76. The first kappa shape index (κ1) is 31.2. The number of carbonyl (C=O) groups excluding carboxylic acids is 3. The largest absolute Gasteiger partial charge is 0.495 e. The van der Waals surface area contributed by atoms with Crippen LogP contribution in [0.2, 0.25) is 0 Å². The van der Waals surface area contributed by atoms with Crippen molar-refractivity contribution in [3.8, 4) is 5.75 Å². The third-order valence-electron chi connectivity index (χ3n) is 5.27. The van der Waals surface area contributed by atoms with Gasteiger partial charge < -0.3 is 30.0 Å². The van der Waals surface area contributed by atoms with Crippen LogP contribution in [0.3, 0.4) is 0 Å². The van der Waals surface area contributed by atoms with Crippen LogP contribution in [0.1, 0.15) is 29.8 Å². The number of anilines is 1. The van der Waals surface area contributed by atoms with E-state index >= 15 is 0 Å². The van der Waals surface area contributed by atoms with E-state index in [4.69, 9.17) is 4.74 Å². The number of benzene rings is 2. The van der Waals surface area contributed by atoms with Gasteiger partial charge in [0.15, 0.2) is 0 Å². The van der Waals surface area contributed by atoms with Crippen molar-refractivity contribution in [2.24, 2.45) is 0 Å². The summed E-state index contributed by atoms with van der Waals surface area (Å²) in [5.41, 5.74) is -10.3. The van der Waals surface area contributed by atoms with Gasteiger partial charge in [-0.15, -0.1) is 0 Å². The van der Waals surface area contributed by atoms with Crippen LogP contribution in [0.15, 0.2) is 48.5 Å². The zero-order chi connectivity index (χ0) is 29.6. The number of ether oxygens (including phenoxy) is 3. The molecule has 0 spiro atoms. The average molecular weight is 566 g/mol. The number of aliphatic hydroxyl groups is 1. The molecule has 39 heavy (non-hydrogen) atoms. The highest BCUT2D eigenvalue weighted by molar-refractivity contribution is 5.99. The highest BCUT2D eigenvalue weighted by atomic mass is 19.4. The van der Waals surface area contributed by atoms with Crippen molar-refractivity contribution in [1.29, 1.82) is 0 Å². The Bertz CT molecular complexity index is 1190. The van der Waals surface area contributed by atoms with Crippen molar-refractivity contribution < 1.29 is 60.0 Å². The van der Waals surface area contributed by atoms with Gasteiger partial charge in [0.05, 0.1) is 26.0 Å². The number of amides is 1. The molecule has 214 valence electrons. The Morgan fingerprint density at radius 2 is 1.41 bits per heavy atom. The number of carbonyl (C=O) groups is 3. The number of halogens is 6. The molecular formula is C24H24F6N2O7. The molecule has 0 saturated heterocycles. The van der Waals surface area contributed by atoms with Crippen molar-refractivity contribution in [2.75, 3.05) is 25.6 Å². The van der Waals surface area contributed by atoms with Crippen LogP contribution in [0.25, 0.3) is 0 Å². The summed E-state index contributed by atoms with van der Waals surface area (Å²) in [6.07, 6.45) is -11.2. The Morgan fingerprint density at radius 1 is 0.846 bits per heavy atom. The summed E-state index contributed by atoms with van der Waals surface area (Å²) >= 11 is 0. The fourth-order valence-corrected chi connectivity index (χ4v) is 3.32. The van der Waals surface area contributed by atoms with Gasteiger partial charge in [-0.2, -0.15) is 26.3 Å². The monoisotopic (exact) mass is 566 g/mol. The highest BCUT2D eigenvalue weighted by Gasteiger charge is 2.65. The Morgan fingerprint density at radius 3 is 1.90 bits per heavy atom. The van der Waals surface area contributed by atoms with Gasteiger partial charge in [-0.1, -0.05) is 24.3 Å². The molecule has 0 aliphatic rings. The molecule has 9 nitrogen and oxygen atoms in total. The summed E-state index contributed by atoms with van der Waals surface area (Å²) in [5, 5.41) is 13.6. The molecule has 0 aliphatic heterocycles. The van der Waals surface area contributed by atoms with Crippen LogP contribution in [-0.2, 0) is 24.7 Å². The van der Waals surface area contributed by atoms with Crippen molar-refractivity contribution >= 4 is 23.5 Å². The zero-order valence-corrected chi connectivity index (χ0v) is 20.7. The van der Waals surface area contributed by atoms with Gasteiger partial charge in [-0.25, -0.2) is 9.59 Å². The minimum absolute atomic E-state index is 0.260. The van der Waals surface area contributed by atoms with Crippen molar-refractivity contribution in [1.82, 2.24) is 5.32 Å². The Balaban J connectivity index is 2.69. The van der Waals surface area contributed by atoms with Gasteiger partial charge in [0, 0.05) is 11.1 Å². The van der Waals surface area contributed by atoms with Gasteiger partial charge >= 0.3 is 30.0 Å². The molecule has 0 aliphatic carbocycles. The van der Waals surface area contributed by atoms with Gasteiger partial charge in [0.2, 0.25) is 0 Å². The molecule has 2 aromatic carbocycles. The fourth-order valence-electron chi connectivity index (χ4n) is 3.32. The molecule has 2 aromatic rings. The number of nitrogens with one attached hydrogen (secondary N) is 2. The van der Waals surface area contributed by atoms with Crippen LogP contribution in [-0.4, -0.2) is 61.3 Å². The number of hydrogen-bond acceptors (Lipinski definition) is 8. The van der Waals surface area contributed by atoms with Crippen molar-refractivity contribution in [3.05, 3.63) is 59.7 Å². The number of alkyl halides is 6. The van der Waals surface area contributed by atoms with E-state index in [-0.39, 0.29) is 5.56 Å².